The van der Waals surface area contributed by atoms with Gasteiger partial charge in [0, 0.05) is 104 Å². The fourth-order valence-electron chi connectivity index (χ4n) is 19.6. The number of furan rings is 3. The fourth-order valence-corrected chi connectivity index (χ4v) is 19.6. The summed E-state index contributed by atoms with van der Waals surface area (Å²) in [6, 6.07) is 155. The Labute approximate surface area is 704 Å². The van der Waals surface area contributed by atoms with Crippen LogP contribution in [-0.4, -0.2) is 27.4 Å². The summed E-state index contributed by atoms with van der Waals surface area (Å²) in [6.07, 6.45) is 0. The van der Waals surface area contributed by atoms with Crippen molar-refractivity contribution in [2.24, 2.45) is 0 Å². The molecule has 0 atom stereocenters. The van der Waals surface area contributed by atoms with Crippen LogP contribution in [0.3, 0.4) is 0 Å². The zero-order valence-corrected chi connectivity index (χ0v) is 66.5. The second kappa shape index (κ2) is 28.0. The predicted octanol–water partition coefficient (Wildman–Crippen LogP) is 30.9. The molecular formula is C114H72N6O3. The largest absolute Gasteiger partial charge is 0.454 e. The summed E-state index contributed by atoms with van der Waals surface area (Å²) in [7, 11) is 0. The van der Waals surface area contributed by atoms with E-state index in [-0.39, 0.29) is 0 Å². The molecule has 9 heteroatoms. The van der Waals surface area contributed by atoms with Crippen molar-refractivity contribution >= 4 is 164 Å². The molecule has 9 aromatic heterocycles. The van der Waals surface area contributed by atoms with Crippen LogP contribution in [0.15, 0.2) is 450 Å². The zero-order chi connectivity index (χ0) is 80.7. The Kier molecular flexibility index (Phi) is 15.8. The Balaban J connectivity index is 0.000000101. The van der Waals surface area contributed by atoms with Gasteiger partial charge >= 0.3 is 0 Å². The van der Waals surface area contributed by atoms with Crippen LogP contribution in [0, 0.1) is 0 Å². The van der Waals surface area contributed by atoms with E-state index >= 15 is 0 Å². The molecule has 576 valence electrons. The lowest BCUT2D eigenvalue weighted by molar-refractivity contribution is 0.672. The Morgan fingerprint density at radius 1 is 0.138 bits per heavy atom. The molecule has 0 aliphatic rings. The van der Waals surface area contributed by atoms with E-state index in [4.69, 9.17) is 13.3 Å². The highest BCUT2D eigenvalue weighted by Gasteiger charge is 2.26. The number of rotatable bonds is 9. The topological polar surface area (TPSA) is 69.0 Å². The van der Waals surface area contributed by atoms with Gasteiger partial charge in [0.1, 0.15) is 33.3 Å². The number of benzene rings is 18. The van der Waals surface area contributed by atoms with Gasteiger partial charge in [0.15, 0.2) is 16.7 Å². The third-order valence-corrected chi connectivity index (χ3v) is 24.9. The molecule has 0 unspecified atom stereocenters. The van der Waals surface area contributed by atoms with Crippen LogP contribution in [0.1, 0.15) is 0 Å². The van der Waals surface area contributed by atoms with Crippen LogP contribution in [0.5, 0.6) is 0 Å². The Morgan fingerprint density at radius 2 is 0.390 bits per heavy atom. The van der Waals surface area contributed by atoms with Crippen molar-refractivity contribution in [3.63, 3.8) is 0 Å². The number of fused-ring (bicyclic) bond motifs is 24. The lowest BCUT2D eigenvalue weighted by Crippen LogP contribution is -1.95. The van der Waals surface area contributed by atoms with Gasteiger partial charge in [-0.2, -0.15) is 0 Å². The van der Waals surface area contributed by atoms with Crippen molar-refractivity contribution < 1.29 is 13.3 Å². The van der Waals surface area contributed by atoms with Crippen LogP contribution >= 0.6 is 0 Å². The molecule has 0 aliphatic carbocycles. The smallest absolute Gasteiger partial charge is 0.161 e. The van der Waals surface area contributed by atoms with E-state index in [1.807, 2.05) is 0 Å². The second-order valence-electron chi connectivity index (χ2n) is 31.8. The number of aromatic nitrogens is 6. The molecule has 0 bridgehead atoms. The van der Waals surface area contributed by atoms with Crippen LogP contribution in [0.25, 0.3) is 232 Å². The van der Waals surface area contributed by atoms with Gasteiger partial charge in [0.25, 0.3) is 0 Å². The molecule has 0 saturated carbocycles. The van der Waals surface area contributed by atoms with E-state index in [2.05, 4.69) is 464 Å². The molecule has 9 nitrogen and oxygen atoms in total. The number of nitrogens with zero attached hydrogens (tertiary/aromatic N) is 6. The number of hydrogen-bond acceptors (Lipinski definition) is 3. The van der Waals surface area contributed by atoms with Crippen LogP contribution in [-0.2, 0) is 0 Å². The molecule has 0 N–H and O–H groups in total. The highest BCUT2D eigenvalue weighted by Crippen LogP contribution is 2.47. The highest BCUT2D eigenvalue weighted by molar-refractivity contribution is 6.21. The average molecular weight is 1570 g/mol. The summed E-state index contributed by atoms with van der Waals surface area (Å²) in [5, 5.41) is 14.2. The maximum Gasteiger partial charge on any atom is 0.161 e. The van der Waals surface area contributed by atoms with E-state index in [1.54, 1.807) is 0 Å². The summed E-state index contributed by atoms with van der Waals surface area (Å²) < 4.78 is 34.0. The van der Waals surface area contributed by atoms with E-state index in [1.165, 1.54) is 82.2 Å². The summed E-state index contributed by atoms with van der Waals surface area (Å²) in [4.78, 5) is 0. The van der Waals surface area contributed by atoms with Crippen LogP contribution in [0.4, 0.5) is 0 Å². The highest BCUT2D eigenvalue weighted by atomic mass is 16.3. The molecule has 0 saturated heterocycles. The average Bonchev–Trinajstić information content (AvgIpc) is 1.64. The summed E-state index contributed by atoms with van der Waals surface area (Å²) in [6.45, 7) is 0. The van der Waals surface area contributed by atoms with Crippen molar-refractivity contribution in [2.45, 2.75) is 0 Å². The van der Waals surface area contributed by atoms with Crippen molar-refractivity contribution in [3.8, 4) is 67.5 Å². The van der Waals surface area contributed by atoms with Gasteiger partial charge in [-0.25, -0.2) is 0 Å². The first-order valence-corrected chi connectivity index (χ1v) is 41.9. The number of para-hydroxylation sites is 13. The van der Waals surface area contributed by atoms with E-state index < -0.39 is 0 Å². The molecule has 0 aliphatic heterocycles. The van der Waals surface area contributed by atoms with Crippen LogP contribution in [0.2, 0.25) is 0 Å². The summed E-state index contributed by atoms with van der Waals surface area (Å²) in [5.74, 6) is 0. The van der Waals surface area contributed by atoms with Gasteiger partial charge in [-0.1, -0.05) is 255 Å². The SMILES string of the molecule is c1ccc(-n2c3ccccc3c3cc(-c4ccc5c(c4)oc4c6ccccc6n(-c6ccccc6)c54)ccc32)cc1.c1ccc(-n2c3ccccc3c3ccc(-c4ccc5c(c4)oc4c6ccccc6n(-c6ccccc6)c54)cc32)cc1.c1ccc(-n2c3ccccc3c3cccc(-c4ccc5c(c4)oc4c6ccccc6n(-c6ccccc6)c54)c32)cc1. The fraction of sp³-hybridized carbons (Fsp3) is 0. The Morgan fingerprint density at radius 3 is 0.797 bits per heavy atom. The molecule has 123 heavy (non-hydrogen) atoms. The van der Waals surface area contributed by atoms with Crippen LogP contribution < -0.4 is 0 Å². The first kappa shape index (κ1) is 69.5. The molecule has 27 rings (SSSR count). The lowest BCUT2D eigenvalue weighted by Gasteiger charge is -2.12. The van der Waals surface area contributed by atoms with Crippen molar-refractivity contribution in [2.75, 3.05) is 0 Å². The molecule has 9 heterocycles. The normalized spacial score (nSPS) is 11.9. The van der Waals surface area contributed by atoms with Crippen molar-refractivity contribution in [1.82, 2.24) is 27.4 Å². The summed E-state index contributed by atoms with van der Waals surface area (Å²) in [5.41, 5.74) is 33.3. The Hall–Kier alpha value is -16.6. The number of hydrogen-bond donors (Lipinski definition) is 0. The zero-order valence-electron chi connectivity index (χ0n) is 66.5. The van der Waals surface area contributed by atoms with Gasteiger partial charge in [-0.3, -0.25) is 0 Å². The van der Waals surface area contributed by atoms with Gasteiger partial charge in [-0.15, -0.1) is 0 Å². The monoisotopic (exact) mass is 1570 g/mol. The maximum atomic E-state index is 6.69. The molecule has 0 radical (unpaired) electrons. The minimum atomic E-state index is 0.891. The van der Waals surface area contributed by atoms with Crippen molar-refractivity contribution in [3.05, 3.63) is 437 Å². The first-order valence-electron chi connectivity index (χ1n) is 41.9. The van der Waals surface area contributed by atoms with E-state index in [0.29, 0.717) is 0 Å². The van der Waals surface area contributed by atoms with E-state index in [9.17, 15) is 0 Å². The minimum absolute atomic E-state index is 0.891. The van der Waals surface area contributed by atoms with Gasteiger partial charge in [0.2, 0.25) is 0 Å². The lowest BCUT2D eigenvalue weighted by atomic mass is 10.0. The minimum Gasteiger partial charge on any atom is -0.454 e. The third-order valence-electron chi connectivity index (χ3n) is 24.9. The third kappa shape index (κ3) is 11.0. The van der Waals surface area contributed by atoms with Gasteiger partial charge in [-0.05, 0) is 210 Å². The van der Waals surface area contributed by atoms with Gasteiger partial charge in [0.05, 0.1) is 49.7 Å². The molecule has 0 amide bonds. The van der Waals surface area contributed by atoms with Gasteiger partial charge < -0.3 is 40.7 Å². The summed E-state index contributed by atoms with van der Waals surface area (Å²) >= 11 is 0. The molecule has 0 fully saturated rings. The molecular weight excluding hydrogens is 1500 g/mol. The van der Waals surface area contributed by atoms with E-state index in [0.717, 1.165) is 150 Å². The Bertz CT molecular complexity index is 8840. The molecule has 0 spiro atoms. The second-order valence-corrected chi connectivity index (χ2v) is 31.8. The molecule has 27 aromatic rings. The maximum absolute atomic E-state index is 6.69. The first-order chi connectivity index (χ1) is 61.1. The standard InChI is InChI=1S/3C38H24N2O/c1-3-12-26(13-4-1)39-33-20-9-7-16-29(33)30-19-11-18-28(36(30)39)25-22-23-32-35(24-25)41-38-31-17-8-10-21-34(31)40(37(32)38)27-14-5-2-6-15-27;1-3-11-27(12-4-1)39-33-17-9-7-15-29(33)32-23-25(20-22-35(32)39)26-19-21-31-36(24-26)41-38-30-16-8-10-18-34(30)40(37(31)38)28-13-5-2-6-14-28;1-3-11-27(12-4-1)39-33-17-9-7-15-29(33)30-21-19-25(23-35(30)39)26-20-22-32-36(24-26)41-38-31-16-8-10-18-34(31)40(37(32)38)28-13-5-2-6-14-28/h3*1-24H. The predicted molar refractivity (Wildman–Crippen MR) is 511 cm³/mol. The molecule has 18 aromatic carbocycles. The quantitative estimate of drug-likeness (QED) is 0.145. The van der Waals surface area contributed by atoms with Crippen molar-refractivity contribution in [1.29, 1.82) is 0 Å².